The Labute approximate surface area is 85.9 Å². The highest BCUT2D eigenvalue weighted by atomic mass is 15.1. The van der Waals surface area contributed by atoms with E-state index in [9.17, 15) is 0 Å². The maximum Gasteiger partial charge on any atom is 0.0494 e. The largest absolute Gasteiger partial charge is 0.326 e. The van der Waals surface area contributed by atoms with Gasteiger partial charge in [0.25, 0.3) is 0 Å². The number of hydrogen-bond acceptors (Lipinski definition) is 3. The van der Waals surface area contributed by atoms with Gasteiger partial charge >= 0.3 is 0 Å². The zero-order valence-corrected chi connectivity index (χ0v) is 9.14. The molecule has 0 saturated heterocycles. The van der Waals surface area contributed by atoms with E-state index in [0.29, 0.717) is 0 Å². The van der Waals surface area contributed by atoms with Crippen LogP contribution in [0.5, 0.6) is 0 Å². The van der Waals surface area contributed by atoms with Crippen LogP contribution in [0.4, 0.5) is 0 Å². The molecular weight excluding hydrogens is 174 g/mol. The van der Waals surface area contributed by atoms with Crippen molar-refractivity contribution in [1.82, 2.24) is 9.88 Å². The Morgan fingerprint density at radius 2 is 1.93 bits per heavy atom. The van der Waals surface area contributed by atoms with Crippen LogP contribution in [0.1, 0.15) is 24.9 Å². The summed E-state index contributed by atoms with van der Waals surface area (Å²) >= 11 is 0. The molecule has 0 saturated carbocycles. The fourth-order valence-electron chi connectivity index (χ4n) is 1.71. The Morgan fingerprint density at radius 1 is 1.36 bits per heavy atom. The number of aromatic nitrogens is 1. The maximum absolute atomic E-state index is 6.09. The molecule has 1 heterocycles. The molecule has 0 aliphatic rings. The van der Waals surface area contributed by atoms with Crippen LogP contribution in [0.25, 0.3) is 0 Å². The molecule has 0 amide bonds. The third-order valence-corrected chi connectivity index (χ3v) is 2.48. The highest BCUT2D eigenvalue weighted by Crippen LogP contribution is 2.21. The molecule has 3 nitrogen and oxygen atoms in total. The average Bonchev–Trinajstić information content (AvgIpc) is 2.19. The van der Waals surface area contributed by atoms with E-state index >= 15 is 0 Å². The number of pyridine rings is 1. The Kier molecular flexibility index (Phi) is 4.04. The lowest BCUT2D eigenvalue weighted by Crippen LogP contribution is -2.36. The second-order valence-corrected chi connectivity index (χ2v) is 3.76. The van der Waals surface area contributed by atoms with Crippen LogP contribution in [0.2, 0.25) is 0 Å². The van der Waals surface area contributed by atoms with Crippen molar-refractivity contribution >= 4 is 0 Å². The van der Waals surface area contributed by atoms with Crippen LogP contribution in [-0.4, -0.2) is 30.0 Å². The molecule has 1 aromatic heterocycles. The predicted molar refractivity (Wildman–Crippen MR) is 58.9 cm³/mol. The van der Waals surface area contributed by atoms with E-state index in [1.54, 1.807) is 0 Å². The Morgan fingerprint density at radius 3 is 2.36 bits per heavy atom. The van der Waals surface area contributed by atoms with E-state index in [4.69, 9.17) is 5.73 Å². The van der Waals surface area contributed by atoms with Gasteiger partial charge in [-0.3, -0.25) is 4.98 Å². The van der Waals surface area contributed by atoms with Crippen molar-refractivity contribution in [2.45, 2.75) is 25.4 Å². The van der Waals surface area contributed by atoms with Gasteiger partial charge < -0.3 is 10.6 Å². The second kappa shape index (κ2) is 5.08. The molecule has 1 rings (SSSR count). The van der Waals surface area contributed by atoms with Gasteiger partial charge in [-0.2, -0.15) is 0 Å². The van der Waals surface area contributed by atoms with E-state index in [0.717, 1.165) is 6.42 Å². The monoisotopic (exact) mass is 193 g/mol. The van der Waals surface area contributed by atoms with Gasteiger partial charge in [0.05, 0.1) is 0 Å². The van der Waals surface area contributed by atoms with Crippen molar-refractivity contribution in [3.63, 3.8) is 0 Å². The highest BCUT2D eigenvalue weighted by molar-refractivity contribution is 5.16. The fourth-order valence-corrected chi connectivity index (χ4v) is 1.71. The number of hydrogen-bond donors (Lipinski definition) is 1. The van der Waals surface area contributed by atoms with E-state index in [-0.39, 0.29) is 12.1 Å². The SMILES string of the molecule is CCC(N)C(c1ccncc1)N(C)C. The van der Waals surface area contributed by atoms with Gasteiger partial charge in [-0.1, -0.05) is 6.92 Å². The summed E-state index contributed by atoms with van der Waals surface area (Å²) in [6.07, 6.45) is 4.60. The summed E-state index contributed by atoms with van der Waals surface area (Å²) in [4.78, 5) is 6.17. The van der Waals surface area contributed by atoms with E-state index in [1.807, 2.05) is 24.5 Å². The number of likely N-dealkylation sites (N-methyl/N-ethyl adjacent to an activating group) is 1. The van der Waals surface area contributed by atoms with E-state index in [1.165, 1.54) is 5.56 Å². The summed E-state index contributed by atoms with van der Waals surface area (Å²) in [6, 6.07) is 4.51. The summed E-state index contributed by atoms with van der Waals surface area (Å²) in [5.41, 5.74) is 7.32. The molecule has 0 aromatic carbocycles. The summed E-state index contributed by atoms with van der Waals surface area (Å²) in [5.74, 6) is 0. The lowest BCUT2D eigenvalue weighted by molar-refractivity contribution is 0.253. The van der Waals surface area contributed by atoms with Gasteiger partial charge in [0.15, 0.2) is 0 Å². The molecule has 0 aliphatic carbocycles. The quantitative estimate of drug-likeness (QED) is 0.786. The zero-order valence-electron chi connectivity index (χ0n) is 9.14. The van der Waals surface area contributed by atoms with Gasteiger partial charge in [0, 0.05) is 24.5 Å². The fraction of sp³-hybridized carbons (Fsp3) is 0.545. The minimum Gasteiger partial charge on any atom is -0.326 e. The zero-order chi connectivity index (χ0) is 10.6. The summed E-state index contributed by atoms with van der Waals surface area (Å²) in [5, 5.41) is 0. The van der Waals surface area contributed by atoms with Crippen LogP contribution in [0.3, 0.4) is 0 Å². The Hall–Kier alpha value is -0.930. The third kappa shape index (κ3) is 2.53. The maximum atomic E-state index is 6.09. The van der Waals surface area contributed by atoms with Gasteiger partial charge in [-0.15, -0.1) is 0 Å². The molecule has 1 aromatic rings. The van der Waals surface area contributed by atoms with Crippen LogP contribution < -0.4 is 5.73 Å². The Bertz CT molecular complexity index is 258. The lowest BCUT2D eigenvalue weighted by Gasteiger charge is -2.29. The average molecular weight is 193 g/mol. The molecule has 2 unspecified atom stereocenters. The van der Waals surface area contributed by atoms with Crippen molar-refractivity contribution in [1.29, 1.82) is 0 Å². The lowest BCUT2D eigenvalue weighted by atomic mass is 9.98. The first-order valence-corrected chi connectivity index (χ1v) is 4.98. The van der Waals surface area contributed by atoms with Gasteiger partial charge in [0.1, 0.15) is 0 Å². The van der Waals surface area contributed by atoms with Crippen LogP contribution in [-0.2, 0) is 0 Å². The first-order chi connectivity index (χ1) is 6.66. The highest BCUT2D eigenvalue weighted by Gasteiger charge is 2.19. The molecule has 0 fully saturated rings. The minimum absolute atomic E-state index is 0.174. The molecule has 0 spiro atoms. The third-order valence-electron chi connectivity index (χ3n) is 2.48. The van der Waals surface area contributed by atoms with Crippen molar-refractivity contribution < 1.29 is 0 Å². The second-order valence-electron chi connectivity index (χ2n) is 3.76. The first kappa shape index (κ1) is 11.1. The molecule has 14 heavy (non-hydrogen) atoms. The minimum atomic E-state index is 0.174. The first-order valence-electron chi connectivity index (χ1n) is 4.98. The summed E-state index contributed by atoms with van der Waals surface area (Å²) in [7, 11) is 4.11. The van der Waals surface area contributed by atoms with Gasteiger partial charge in [-0.25, -0.2) is 0 Å². The predicted octanol–water partition coefficient (Wildman–Crippen LogP) is 1.42. The number of nitrogens with two attached hydrogens (primary N) is 1. The molecule has 2 atom stereocenters. The standard InChI is InChI=1S/C11H19N3/c1-4-10(12)11(14(2)3)9-5-7-13-8-6-9/h5-8,10-11H,4,12H2,1-3H3. The van der Waals surface area contributed by atoms with E-state index < -0.39 is 0 Å². The van der Waals surface area contributed by atoms with Gasteiger partial charge in [0.2, 0.25) is 0 Å². The van der Waals surface area contributed by atoms with Crippen LogP contribution in [0.15, 0.2) is 24.5 Å². The summed E-state index contributed by atoms with van der Waals surface area (Å²) in [6.45, 7) is 2.11. The molecule has 0 aliphatic heterocycles. The normalized spacial score (nSPS) is 15.5. The van der Waals surface area contributed by atoms with Gasteiger partial charge in [-0.05, 0) is 38.2 Å². The van der Waals surface area contributed by atoms with Crippen molar-refractivity contribution in [2.24, 2.45) is 5.73 Å². The molecule has 0 radical (unpaired) electrons. The summed E-state index contributed by atoms with van der Waals surface area (Å²) < 4.78 is 0. The van der Waals surface area contributed by atoms with Crippen LogP contribution >= 0.6 is 0 Å². The molecule has 2 N–H and O–H groups in total. The van der Waals surface area contributed by atoms with E-state index in [2.05, 4.69) is 30.9 Å². The van der Waals surface area contributed by atoms with Crippen LogP contribution in [0, 0.1) is 0 Å². The number of rotatable bonds is 4. The van der Waals surface area contributed by atoms with Crippen molar-refractivity contribution in [3.8, 4) is 0 Å². The van der Waals surface area contributed by atoms with Crippen molar-refractivity contribution in [2.75, 3.05) is 14.1 Å². The molecule has 3 heteroatoms. The van der Waals surface area contributed by atoms with Crippen molar-refractivity contribution in [3.05, 3.63) is 30.1 Å². The Balaban J connectivity index is 2.89. The topological polar surface area (TPSA) is 42.1 Å². The molecule has 78 valence electrons. The smallest absolute Gasteiger partial charge is 0.0494 e. The molecule has 0 bridgehead atoms. The number of nitrogens with zero attached hydrogens (tertiary/aromatic N) is 2. The molecular formula is C11H19N3.